The predicted molar refractivity (Wildman–Crippen MR) is 123 cm³/mol. The highest BCUT2D eigenvalue weighted by Crippen LogP contribution is 2.23. The van der Waals surface area contributed by atoms with E-state index < -0.39 is 0 Å². The van der Waals surface area contributed by atoms with Gasteiger partial charge in [-0.15, -0.1) is 0 Å². The third kappa shape index (κ3) is 8.53. The van der Waals surface area contributed by atoms with Gasteiger partial charge in [-0.1, -0.05) is 54.6 Å². The van der Waals surface area contributed by atoms with E-state index in [1.54, 1.807) is 21.3 Å². The summed E-state index contributed by atoms with van der Waals surface area (Å²) < 4.78 is 15.2. The molecule has 0 heterocycles. The molecule has 6 nitrogen and oxygen atoms in total. The Morgan fingerprint density at radius 3 is 1.60 bits per heavy atom. The van der Waals surface area contributed by atoms with E-state index in [1.807, 2.05) is 72.8 Å². The Balaban J connectivity index is 0.000000230. The fourth-order valence-corrected chi connectivity index (χ4v) is 2.51. The van der Waals surface area contributed by atoms with Crippen LogP contribution in [0.4, 0.5) is 0 Å². The van der Waals surface area contributed by atoms with Gasteiger partial charge >= 0.3 is 0 Å². The number of para-hydroxylation sites is 1. The van der Waals surface area contributed by atoms with Gasteiger partial charge in [-0.05, 0) is 17.7 Å². The van der Waals surface area contributed by atoms with E-state index in [-0.39, 0.29) is 0 Å². The van der Waals surface area contributed by atoms with Crippen LogP contribution in [0.25, 0.3) is 0 Å². The summed E-state index contributed by atoms with van der Waals surface area (Å²) in [4.78, 5) is 0. The van der Waals surface area contributed by atoms with Crippen molar-refractivity contribution in [1.82, 2.24) is 0 Å². The second-order valence-corrected chi connectivity index (χ2v) is 6.09. The van der Waals surface area contributed by atoms with Crippen LogP contribution in [-0.4, -0.2) is 21.3 Å². The van der Waals surface area contributed by atoms with Gasteiger partial charge in [0.25, 0.3) is 0 Å². The van der Waals surface area contributed by atoms with Gasteiger partial charge in [-0.3, -0.25) is 0 Å². The first kappa shape index (κ1) is 25.0. The van der Waals surface area contributed by atoms with Gasteiger partial charge in [-0.2, -0.15) is 0 Å². The van der Waals surface area contributed by atoms with Crippen LogP contribution in [0.3, 0.4) is 0 Å². The Labute approximate surface area is 179 Å². The van der Waals surface area contributed by atoms with Crippen molar-refractivity contribution in [2.45, 2.75) is 19.6 Å². The van der Waals surface area contributed by atoms with Crippen LogP contribution in [0.2, 0.25) is 0 Å². The molecular formula is C24H33N3O3. The standard InChI is InChI=1S/C9H13NO2.C8H11NO.C7H9N/c1-11-8-4-3-7(6-10)9(5-8)12-2;1-10-8-5-3-2-4-7(8)6-9;8-6-7-4-2-1-3-5-7/h3-5H,6,10H2,1-2H3;2-5H,6,9H2,1H3;1-5H,6,8H2. The Morgan fingerprint density at radius 1 is 0.567 bits per heavy atom. The highest BCUT2D eigenvalue weighted by Gasteiger charge is 2.01. The SMILES string of the molecule is COc1ccc(CN)c(OC)c1.COc1ccccc1CN.NCc1ccccc1. The summed E-state index contributed by atoms with van der Waals surface area (Å²) in [5.74, 6) is 2.42. The average molecular weight is 412 g/mol. The maximum Gasteiger partial charge on any atom is 0.127 e. The zero-order chi connectivity index (χ0) is 22.2. The summed E-state index contributed by atoms with van der Waals surface area (Å²) in [6, 6.07) is 23.3. The van der Waals surface area contributed by atoms with Crippen molar-refractivity contribution in [3.63, 3.8) is 0 Å². The molecule has 0 bridgehead atoms. The van der Waals surface area contributed by atoms with Crippen molar-refractivity contribution in [2.75, 3.05) is 21.3 Å². The Hall–Kier alpha value is -3.06. The number of hydrogen-bond donors (Lipinski definition) is 3. The quantitative estimate of drug-likeness (QED) is 0.574. The molecule has 0 aliphatic carbocycles. The highest BCUT2D eigenvalue weighted by molar-refractivity contribution is 5.40. The third-order valence-electron chi connectivity index (χ3n) is 4.21. The summed E-state index contributed by atoms with van der Waals surface area (Å²) in [7, 11) is 4.89. The van der Waals surface area contributed by atoms with E-state index in [9.17, 15) is 0 Å². The number of hydrogen-bond acceptors (Lipinski definition) is 6. The zero-order valence-corrected chi connectivity index (χ0v) is 18.0. The van der Waals surface area contributed by atoms with Gasteiger partial charge in [0.2, 0.25) is 0 Å². The molecule has 0 aliphatic heterocycles. The molecule has 0 aromatic heterocycles. The van der Waals surface area contributed by atoms with Crippen LogP contribution in [0, 0.1) is 0 Å². The average Bonchev–Trinajstić information content (AvgIpc) is 2.84. The molecule has 6 heteroatoms. The van der Waals surface area contributed by atoms with E-state index in [0.29, 0.717) is 19.6 Å². The van der Waals surface area contributed by atoms with Crippen molar-refractivity contribution < 1.29 is 14.2 Å². The summed E-state index contributed by atoms with van der Waals surface area (Å²) >= 11 is 0. The minimum Gasteiger partial charge on any atom is -0.497 e. The largest absolute Gasteiger partial charge is 0.497 e. The topological polar surface area (TPSA) is 106 Å². The first-order valence-corrected chi connectivity index (χ1v) is 9.60. The van der Waals surface area contributed by atoms with Crippen molar-refractivity contribution in [2.24, 2.45) is 17.2 Å². The number of methoxy groups -OCH3 is 3. The fraction of sp³-hybridized carbons (Fsp3) is 0.250. The Morgan fingerprint density at radius 2 is 1.13 bits per heavy atom. The van der Waals surface area contributed by atoms with Crippen LogP contribution in [0.5, 0.6) is 17.2 Å². The second-order valence-electron chi connectivity index (χ2n) is 6.09. The van der Waals surface area contributed by atoms with Crippen LogP contribution >= 0.6 is 0 Å². The lowest BCUT2D eigenvalue weighted by molar-refractivity contribution is 0.391. The van der Waals surface area contributed by atoms with Crippen molar-refractivity contribution in [3.05, 3.63) is 89.5 Å². The maximum atomic E-state index is 5.50. The van der Waals surface area contributed by atoms with Crippen LogP contribution in [-0.2, 0) is 19.6 Å². The summed E-state index contributed by atoms with van der Waals surface area (Å²) in [6.07, 6.45) is 0. The Bertz CT molecular complexity index is 819. The molecule has 3 aromatic carbocycles. The van der Waals surface area contributed by atoms with E-state index in [0.717, 1.165) is 28.4 Å². The molecule has 0 unspecified atom stereocenters. The molecule has 30 heavy (non-hydrogen) atoms. The minimum absolute atomic E-state index is 0.479. The summed E-state index contributed by atoms with van der Waals surface area (Å²) in [5.41, 5.74) is 19.5. The lowest BCUT2D eigenvalue weighted by Gasteiger charge is -2.07. The third-order valence-corrected chi connectivity index (χ3v) is 4.21. The van der Waals surface area contributed by atoms with Gasteiger partial charge in [0.05, 0.1) is 21.3 Å². The van der Waals surface area contributed by atoms with Gasteiger partial charge in [-0.25, -0.2) is 0 Å². The van der Waals surface area contributed by atoms with Crippen LogP contribution < -0.4 is 31.4 Å². The molecule has 0 atom stereocenters. The highest BCUT2D eigenvalue weighted by atomic mass is 16.5. The summed E-state index contributed by atoms with van der Waals surface area (Å²) in [6.45, 7) is 1.65. The number of benzene rings is 3. The monoisotopic (exact) mass is 411 g/mol. The molecule has 0 spiro atoms. The van der Waals surface area contributed by atoms with E-state index in [4.69, 9.17) is 31.4 Å². The van der Waals surface area contributed by atoms with Gasteiger partial charge < -0.3 is 31.4 Å². The van der Waals surface area contributed by atoms with Crippen LogP contribution in [0.1, 0.15) is 16.7 Å². The second kappa shape index (κ2) is 14.9. The molecule has 0 amide bonds. The number of ether oxygens (including phenoxy) is 3. The van der Waals surface area contributed by atoms with E-state index in [2.05, 4.69) is 0 Å². The lowest BCUT2D eigenvalue weighted by Crippen LogP contribution is -1.99. The molecule has 0 saturated heterocycles. The smallest absolute Gasteiger partial charge is 0.127 e. The normalized spacial score (nSPS) is 9.40. The van der Waals surface area contributed by atoms with Gasteiger partial charge in [0.15, 0.2) is 0 Å². The predicted octanol–water partition coefficient (Wildman–Crippen LogP) is 3.46. The Kier molecular flexibility index (Phi) is 12.4. The first-order chi connectivity index (χ1) is 14.6. The molecular weight excluding hydrogens is 378 g/mol. The minimum atomic E-state index is 0.479. The molecule has 162 valence electrons. The van der Waals surface area contributed by atoms with Crippen molar-refractivity contribution >= 4 is 0 Å². The molecule has 0 aliphatic rings. The van der Waals surface area contributed by atoms with E-state index >= 15 is 0 Å². The lowest BCUT2D eigenvalue weighted by atomic mass is 10.2. The van der Waals surface area contributed by atoms with Crippen molar-refractivity contribution in [1.29, 1.82) is 0 Å². The number of rotatable bonds is 6. The zero-order valence-electron chi connectivity index (χ0n) is 18.0. The first-order valence-electron chi connectivity index (χ1n) is 9.60. The van der Waals surface area contributed by atoms with Crippen molar-refractivity contribution in [3.8, 4) is 17.2 Å². The van der Waals surface area contributed by atoms with E-state index in [1.165, 1.54) is 5.56 Å². The van der Waals surface area contributed by atoms with Gasteiger partial charge in [0.1, 0.15) is 17.2 Å². The molecule has 0 saturated carbocycles. The molecule has 0 fully saturated rings. The number of nitrogens with two attached hydrogens (primary N) is 3. The molecule has 0 radical (unpaired) electrons. The molecule has 3 aromatic rings. The van der Waals surface area contributed by atoms with Gasteiger partial charge in [0, 0.05) is 36.8 Å². The fourth-order valence-electron chi connectivity index (χ4n) is 2.51. The summed E-state index contributed by atoms with van der Waals surface area (Å²) in [5, 5.41) is 0. The maximum absolute atomic E-state index is 5.50. The molecule has 3 rings (SSSR count). The molecule has 6 N–H and O–H groups in total. The van der Waals surface area contributed by atoms with Crippen LogP contribution in [0.15, 0.2) is 72.8 Å².